The first-order valence-electron chi connectivity index (χ1n) is 9.22. The van der Waals surface area contributed by atoms with E-state index in [1.165, 1.54) is 11.3 Å². The van der Waals surface area contributed by atoms with Gasteiger partial charge in [0.1, 0.15) is 0 Å². The third-order valence-corrected chi connectivity index (χ3v) is 4.88. The molecule has 0 bridgehead atoms. The molecule has 1 heterocycles. The van der Waals surface area contributed by atoms with Gasteiger partial charge in [0.2, 0.25) is 5.91 Å². The van der Waals surface area contributed by atoms with E-state index in [1.54, 1.807) is 0 Å². The van der Waals surface area contributed by atoms with Crippen LogP contribution in [0.25, 0.3) is 0 Å². The summed E-state index contributed by atoms with van der Waals surface area (Å²) < 4.78 is 0. The quantitative estimate of drug-likeness (QED) is 0.835. The van der Waals surface area contributed by atoms with Gasteiger partial charge in [-0.15, -0.1) is 12.4 Å². The lowest BCUT2D eigenvalue weighted by Gasteiger charge is -2.34. The van der Waals surface area contributed by atoms with Gasteiger partial charge in [0, 0.05) is 24.8 Å². The molecule has 1 atom stereocenters. The predicted octanol–water partition coefficient (Wildman–Crippen LogP) is 3.62. The summed E-state index contributed by atoms with van der Waals surface area (Å²) >= 11 is 0. The van der Waals surface area contributed by atoms with Crippen LogP contribution >= 0.6 is 12.4 Å². The van der Waals surface area contributed by atoms with E-state index in [4.69, 9.17) is 5.73 Å². The number of halogens is 1. The number of rotatable bonds is 5. The molecule has 1 aliphatic heterocycles. The van der Waals surface area contributed by atoms with Gasteiger partial charge in [-0.05, 0) is 42.4 Å². The topological polar surface area (TPSA) is 58.4 Å². The third-order valence-electron chi connectivity index (χ3n) is 4.88. The summed E-state index contributed by atoms with van der Waals surface area (Å²) in [7, 11) is 0. The molecule has 1 aromatic rings. The van der Waals surface area contributed by atoms with E-state index in [0.717, 1.165) is 38.8 Å². The van der Waals surface area contributed by atoms with Gasteiger partial charge in [0.25, 0.3) is 0 Å². The van der Waals surface area contributed by atoms with Crippen molar-refractivity contribution in [3.63, 3.8) is 0 Å². The molecule has 0 aliphatic carbocycles. The number of anilines is 1. The van der Waals surface area contributed by atoms with Gasteiger partial charge in [0.15, 0.2) is 0 Å². The minimum atomic E-state index is -0.363. The maximum Gasteiger partial charge on any atom is 0.237 e. The van der Waals surface area contributed by atoms with E-state index >= 15 is 0 Å². The van der Waals surface area contributed by atoms with Crippen LogP contribution in [-0.2, 0) is 10.2 Å². The summed E-state index contributed by atoms with van der Waals surface area (Å²) in [5.41, 5.74) is 8.71. The molecule has 4 nitrogen and oxygen atoms in total. The lowest BCUT2D eigenvalue weighted by atomic mass is 9.87. The molecule has 1 unspecified atom stereocenters. The zero-order valence-electron chi connectivity index (χ0n) is 16.0. The van der Waals surface area contributed by atoms with Gasteiger partial charge < -0.3 is 16.0 Å². The fourth-order valence-corrected chi connectivity index (χ4v) is 3.20. The maximum absolute atomic E-state index is 12.0. The Morgan fingerprint density at radius 1 is 1.24 bits per heavy atom. The summed E-state index contributed by atoms with van der Waals surface area (Å²) in [4.78, 5) is 14.4. The molecule has 1 amide bonds. The molecule has 142 valence electrons. The number of nitrogens with two attached hydrogens (primary N) is 1. The SMILES string of the molecule is CCCC(N)C(=O)NC1CCN(c2ccc(C(C)(C)C)cc2)CC1.Cl. The standard InChI is InChI=1S/C20H33N3O.ClH/c1-5-6-18(21)19(24)22-16-11-13-23(14-12-16)17-9-7-15(8-10-17)20(2,3)4;/h7-10,16,18H,5-6,11-14,21H2,1-4H3,(H,22,24);1H. The van der Waals surface area contributed by atoms with Crippen LogP contribution in [-0.4, -0.2) is 31.1 Å². The average molecular weight is 368 g/mol. The Hall–Kier alpha value is -1.26. The Morgan fingerprint density at radius 3 is 2.28 bits per heavy atom. The van der Waals surface area contributed by atoms with Crippen LogP contribution in [0, 0.1) is 0 Å². The van der Waals surface area contributed by atoms with Gasteiger partial charge >= 0.3 is 0 Å². The molecule has 1 fully saturated rings. The summed E-state index contributed by atoms with van der Waals surface area (Å²) in [6.07, 6.45) is 3.65. The fourth-order valence-electron chi connectivity index (χ4n) is 3.20. The summed E-state index contributed by atoms with van der Waals surface area (Å²) in [6.45, 7) is 10.7. The van der Waals surface area contributed by atoms with Gasteiger partial charge in [-0.2, -0.15) is 0 Å². The van der Waals surface area contributed by atoms with Crippen LogP contribution in [0.1, 0.15) is 58.9 Å². The number of carbonyl (C=O) groups excluding carboxylic acids is 1. The van der Waals surface area contributed by atoms with Crippen LogP contribution in [0.2, 0.25) is 0 Å². The second-order valence-electron chi connectivity index (χ2n) is 7.96. The van der Waals surface area contributed by atoms with Gasteiger partial charge in [0.05, 0.1) is 6.04 Å². The molecular weight excluding hydrogens is 334 g/mol. The van der Waals surface area contributed by atoms with E-state index in [9.17, 15) is 4.79 Å². The highest BCUT2D eigenvalue weighted by Crippen LogP contribution is 2.26. The van der Waals surface area contributed by atoms with Crippen LogP contribution in [0.4, 0.5) is 5.69 Å². The third kappa shape index (κ3) is 6.19. The van der Waals surface area contributed by atoms with Crippen molar-refractivity contribution in [3.05, 3.63) is 29.8 Å². The van der Waals surface area contributed by atoms with Crippen molar-refractivity contribution in [1.82, 2.24) is 5.32 Å². The van der Waals surface area contributed by atoms with Crippen molar-refractivity contribution in [2.75, 3.05) is 18.0 Å². The van der Waals surface area contributed by atoms with Gasteiger partial charge in [-0.3, -0.25) is 4.79 Å². The zero-order valence-corrected chi connectivity index (χ0v) is 16.9. The van der Waals surface area contributed by atoms with Gasteiger partial charge in [-0.25, -0.2) is 0 Å². The molecule has 3 N–H and O–H groups in total. The molecule has 2 rings (SSSR count). The molecular formula is C20H34ClN3O. The Labute approximate surface area is 158 Å². The van der Waals surface area contributed by atoms with Crippen LogP contribution < -0.4 is 16.0 Å². The minimum Gasteiger partial charge on any atom is -0.371 e. The van der Waals surface area contributed by atoms with Crippen LogP contribution in [0.5, 0.6) is 0 Å². The molecule has 1 aliphatic rings. The van der Waals surface area contributed by atoms with Crippen molar-refractivity contribution >= 4 is 24.0 Å². The van der Waals surface area contributed by atoms with Crippen molar-refractivity contribution in [3.8, 4) is 0 Å². The Kier molecular flexibility index (Phi) is 8.23. The Morgan fingerprint density at radius 2 is 1.80 bits per heavy atom. The number of piperidine rings is 1. The molecule has 25 heavy (non-hydrogen) atoms. The van der Waals surface area contributed by atoms with E-state index in [1.807, 2.05) is 0 Å². The van der Waals surface area contributed by atoms with Crippen molar-refractivity contribution in [2.45, 2.75) is 70.9 Å². The molecule has 0 spiro atoms. The number of carbonyl (C=O) groups is 1. The number of hydrogen-bond donors (Lipinski definition) is 2. The summed E-state index contributed by atoms with van der Waals surface area (Å²) in [6, 6.07) is 8.79. The van der Waals surface area contributed by atoms with E-state index < -0.39 is 0 Å². The molecule has 5 heteroatoms. The van der Waals surface area contributed by atoms with E-state index in [0.29, 0.717) is 0 Å². The van der Waals surface area contributed by atoms with Crippen molar-refractivity contribution in [2.24, 2.45) is 5.73 Å². The number of nitrogens with one attached hydrogen (secondary N) is 1. The smallest absolute Gasteiger partial charge is 0.237 e. The molecule has 0 aromatic heterocycles. The monoisotopic (exact) mass is 367 g/mol. The van der Waals surface area contributed by atoms with E-state index in [-0.39, 0.29) is 35.8 Å². The number of hydrogen-bond acceptors (Lipinski definition) is 3. The first-order chi connectivity index (χ1) is 11.3. The average Bonchev–Trinajstić information content (AvgIpc) is 2.55. The first kappa shape index (κ1) is 21.8. The number of amides is 1. The van der Waals surface area contributed by atoms with E-state index in [2.05, 4.69) is 62.2 Å². The second-order valence-corrected chi connectivity index (χ2v) is 7.96. The highest BCUT2D eigenvalue weighted by Gasteiger charge is 2.23. The normalized spacial score (nSPS) is 16.9. The molecule has 0 radical (unpaired) electrons. The highest BCUT2D eigenvalue weighted by atomic mass is 35.5. The first-order valence-corrected chi connectivity index (χ1v) is 9.22. The van der Waals surface area contributed by atoms with Gasteiger partial charge in [-0.1, -0.05) is 46.2 Å². The lowest BCUT2D eigenvalue weighted by Crippen LogP contribution is -2.49. The zero-order chi connectivity index (χ0) is 17.7. The lowest BCUT2D eigenvalue weighted by molar-refractivity contribution is -0.123. The van der Waals surface area contributed by atoms with Crippen LogP contribution in [0.15, 0.2) is 24.3 Å². The summed E-state index contributed by atoms with van der Waals surface area (Å²) in [5, 5.41) is 3.11. The molecule has 1 saturated heterocycles. The maximum atomic E-state index is 12.0. The second kappa shape index (κ2) is 9.44. The number of benzene rings is 1. The molecule has 0 saturated carbocycles. The minimum absolute atomic E-state index is 0. The highest BCUT2D eigenvalue weighted by molar-refractivity contribution is 5.85. The fraction of sp³-hybridized carbons (Fsp3) is 0.650. The van der Waals surface area contributed by atoms with Crippen molar-refractivity contribution in [1.29, 1.82) is 0 Å². The number of nitrogens with zero attached hydrogens (tertiary/aromatic N) is 1. The Balaban J connectivity index is 0.00000312. The largest absolute Gasteiger partial charge is 0.371 e. The summed E-state index contributed by atoms with van der Waals surface area (Å²) in [5.74, 6) is 0.00447. The Bertz CT molecular complexity index is 531. The van der Waals surface area contributed by atoms with Crippen LogP contribution in [0.3, 0.4) is 0 Å². The predicted molar refractivity (Wildman–Crippen MR) is 109 cm³/mol. The van der Waals surface area contributed by atoms with Crippen molar-refractivity contribution < 1.29 is 4.79 Å². The molecule has 1 aromatic carbocycles.